The van der Waals surface area contributed by atoms with E-state index in [9.17, 15) is 4.79 Å². The Labute approximate surface area is 92.6 Å². The van der Waals surface area contributed by atoms with Crippen LogP contribution in [0.4, 0.5) is 0 Å². The number of methoxy groups -OCH3 is 1. The van der Waals surface area contributed by atoms with Crippen molar-refractivity contribution in [3.05, 3.63) is 22.7 Å². The van der Waals surface area contributed by atoms with Crippen LogP contribution in [-0.2, 0) is 0 Å². The van der Waals surface area contributed by atoms with Gasteiger partial charge in [0.15, 0.2) is 6.29 Å². The third-order valence-electron chi connectivity index (χ3n) is 1.68. The minimum atomic E-state index is 0.518. The average Bonchev–Trinajstić information content (AvgIpc) is 2.20. The van der Waals surface area contributed by atoms with Gasteiger partial charge in [-0.3, -0.25) is 4.79 Å². The van der Waals surface area contributed by atoms with Gasteiger partial charge in [-0.25, -0.2) is 0 Å². The van der Waals surface area contributed by atoms with E-state index in [1.165, 1.54) is 0 Å². The smallest absolute Gasteiger partial charge is 0.151 e. The second-order valence-corrected chi connectivity index (χ2v) is 4.29. The number of hydrogen-bond acceptors (Lipinski definition) is 3. The Morgan fingerprint density at radius 2 is 2.29 bits per heavy atom. The molecule has 0 heterocycles. The highest BCUT2D eigenvalue weighted by molar-refractivity contribution is 7.99. The van der Waals surface area contributed by atoms with Crippen LogP contribution in [0.1, 0.15) is 17.3 Å². The Morgan fingerprint density at radius 1 is 1.57 bits per heavy atom. The first-order chi connectivity index (χ1) is 6.72. The molecular formula is C10H11ClO2S. The number of ether oxygens (including phenoxy) is 1. The number of carbonyl (C=O) groups is 1. The zero-order valence-corrected chi connectivity index (χ0v) is 9.61. The van der Waals surface area contributed by atoms with E-state index in [2.05, 4.69) is 0 Å². The summed E-state index contributed by atoms with van der Waals surface area (Å²) in [6.45, 7) is 2.02. The minimum Gasteiger partial charge on any atom is -0.496 e. The first kappa shape index (κ1) is 11.4. The summed E-state index contributed by atoms with van der Waals surface area (Å²) >= 11 is 7.40. The van der Waals surface area contributed by atoms with Gasteiger partial charge in [-0.1, -0.05) is 18.5 Å². The molecule has 76 valence electrons. The molecule has 0 N–H and O–H groups in total. The van der Waals surface area contributed by atoms with Crippen molar-refractivity contribution in [2.45, 2.75) is 11.8 Å². The van der Waals surface area contributed by atoms with E-state index in [0.717, 1.165) is 16.9 Å². The number of hydrogen-bond donors (Lipinski definition) is 0. The maximum Gasteiger partial charge on any atom is 0.151 e. The van der Waals surface area contributed by atoms with Crippen LogP contribution in [0.15, 0.2) is 17.0 Å². The summed E-state index contributed by atoms with van der Waals surface area (Å²) in [5, 5.41) is 0.518. The predicted octanol–water partition coefficient (Wildman–Crippen LogP) is 3.27. The molecule has 2 nitrogen and oxygen atoms in total. The summed E-state index contributed by atoms with van der Waals surface area (Å²) in [4.78, 5) is 11.7. The Kier molecular flexibility index (Phi) is 4.29. The fourth-order valence-corrected chi connectivity index (χ4v) is 2.19. The first-order valence-corrected chi connectivity index (χ1v) is 5.54. The highest BCUT2D eigenvalue weighted by atomic mass is 35.5. The van der Waals surface area contributed by atoms with Crippen LogP contribution >= 0.6 is 23.4 Å². The molecule has 0 saturated carbocycles. The van der Waals surface area contributed by atoms with Crippen molar-refractivity contribution in [3.8, 4) is 5.75 Å². The second-order valence-electron chi connectivity index (χ2n) is 2.58. The monoisotopic (exact) mass is 230 g/mol. The van der Waals surface area contributed by atoms with Crippen LogP contribution in [0.3, 0.4) is 0 Å². The lowest BCUT2D eigenvalue weighted by Crippen LogP contribution is -1.92. The van der Waals surface area contributed by atoms with Crippen molar-refractivity contribution in [3.63, 3.8) is 0 Å². The Balaban J connectivity index is 3.24. The third-order valence-corrected chi connectivity index (χ3v) is 2.92. The summed E-state index contributed by atoms with van der Waals surface area (Å²) < 4.78 is 5.16. The molecule has 0 fully saturated rings. The fraction of sp³-hybridized carbons (Fsp3) is 0.300. The summed E-state index contributed by atoms with van der Waals surface area (Å²) in [5.74, 6) is 1.55. The van der Waals surface area contributed by atoms with E-state index >= 15 is 0 Å². The molecule has 0 aliphatic heterocycles. The van der Waals surface area contributed by atoms with Gasteiger partial charge in [-0.15, -0.1) is 11.8 Å². The highest BCUT2D eigenvalue weighted by Crippen LogP contribution is 2.34. The molecule has 1 aromatic rings. The standard InChI is InChI=1S/C10H11ClO2S/c1-3-14-10-7(6-12)4-8(11)5-9(10)13-2/h4-6H,3H2,1-2H3. The van der Waals surface area contributed by atoms with Gasteiger partial charge in [-0.05, 0) is 17.9 Å². The van der Waals surface area contributed by atoms with Crippen molar-refractivity contribution in [2.75, 3.05) is 12.9 Å². The number of rotatable bonds is 4. The van der Waals surface area contributed by atoms with Gasteiger partial charge in [0.2, 0.25) is 0 Å². The minimum absolute atomic E-state index is 0.518. The number of aldehydes is 1. The molecular weight excluding hydrogens is 220 g/mol. The molecule has 1 aromatic carbocycles. The lowest BCUT2D eigenvalue weighted by atomic mass is 10.2. The van der Waals surface area contributed by atoms with Gasteiger partial charge in [0.05, 0.1) is 12.0 Å². The zero-order valence-electron chi connectivity index (χ0n) is 8.04. The van der Waals surface area contributed by atoms with E-state index in [1.54, 1.807) is 31.0 Å². The van der Waals surface area contributed by atoms with Crippen molar-refractivity contribution in [1.29, 1.82) is 0 Å². The number of thioether (sulfide) groups is 1. The highest BCUT2D eigenvalue weighted by Gasteiger charge is 2.10. The van der Waals surface area contributed by atoms with E-state index in [0.29, 0.717) is 16.3 Å². The van der Waals surface area contributed by atoms with Gasteiger partial charge >= 0.3 is 0 Å². The number of halogens is 1. The molecule has 0 aromatic heterocycles. The number of carbonyl (C=O) groups excluding carboxylic acids is 1. The molecule has 0 amide bonds. The van der Waals surface area contributed by atoms with Crippen LogP contribution < -0.4 is 4.74 Å². The Hall–Kier alpha value is -0.670. The molecule has 1 rings (SSSR count). The first-order valence-electron chi connectivity index (χ1n) is 4.18. The molecule has 0 atom stereocenters. The topological polar surface area (TPSA) is 26.3 Å². The van der Waals surface area contributed by atoms with Crippen molar-refractivity contribution in [1.82, 2.24) is 0 Å². The molecule has 0 spiro atoms. The predicted molar refractivity (Wildman–Crippen MR) is 59.8 cm³/mol. The summed E-state index contributed by atoms with van der Waals surface area (Å²) in [6, 6.07) is 3.36. The molecule has 0 saturated heterocycles. The van der Waals surface area contributed by atoms with Gasteiger partial charge in [0, 0.05) is 10.6 Å². The van der Waals surface area contributed by atoms with Crippen molar-refractivity contribution in [2.24, 2.45) is 0 Å². The summed E-state index contributed by atoms with van der Waals surface area (Å²) in [7, 11) is 1.57. The van der Waals surface area contributed by atoms with Crippen LogP contribution in [0.2, 0.25) is 5.02 Å². The average molecular weight is 231 g/mol. The normalized spacial score (nSPS) is 9.93. The van der Waals surface area contributed by atoms with Gasteiger partial charge in [0.1, 0.15) is 5.75 Å². The molecule has 0 aliphatic carbocycles. The molecule has 0 unspecified atom stereocenters. The van der Waals surface area contributed by atoms with Gasteiger partial charge in [0.25, 0.3) is 0 Å². The maximum absolute atomic E-state index is 10.8. The van der Waals surface area contributed by atoms with Crippen LogP contribution in [0, 0.1) is 0 Å². The Bertz CT molecular complexity index is 339. The molecule has 14 heavy (non-hydrogen) atoms. The zero-order chi connectivity index (χ0) is 10.6. The molecule has 0 aliphatic rings. The van der Waals surface area contributed by atoms with E-state index in [4.69, 9.17) is 16.3 Å². The summed E-state index contributed by atoms with van der Waals surface area (Å²) in [6.07, 6.45) is 0.798. The summed E-state index contributed by atoms with van der Waals surface area (Å²) in [5.41, 5.74) is 0.584. The SMILES string of the molecule is CCSc1c(C=O)cc(Cl)cc1OC. The Morgan fingerprint density at radius 3 is 2.79 bits per heavy atom. The molecule has 0 bridgehead atoms. The van der Waals surface area contributed by atoms with Crippen molar-refractivity contribution >= 4 is 29.6 Å². The van der Waals surface area contributed by atoms with Gasteiger partial charge in [-0.2, -0.15) is 0 Å². The third kappa shape index (κ3) is 2.42. The van der Waals surface area contributed by atoms with Crippen LogP contribution in [-0.4, -0.2) is 19.1 Å². The second kappa shape index (κ2) is 5.27. The quantitative estimate of drug-likeness (QED) is 0.587. The lowest BCUT2D eigenvalue weighted by molar-refractivity contribution is 0.112. The van der Waals surface area contributed by atoms with Crippen LogP contribution in [0.25, 0.3) is 0 Å². The number of benzene rings is 1. The van der Waals surface area contributed by atoms with E-state index < -0.39 is 0 Å². The largest absolute Gasteiger partial charge is 0.496 e. The van der Waals surface area contributed by atoms with E-state index in [1.807, 2.05) is 6.92 Å². The van der Waals surface area contributed by atoms with E-state index in [-0.39, 0.29) is 0 Å². The van der Waals surface area contributed by atoms with Crippen molar-refractivity contribution < 1.29 is 9.53 Å². The molecule has 0 radical (unpaired) electrons. The maximum atomic E-state index is 10.8. The van der Waals surface area contributed by atoms with Crippen LogP contribution in [0.5, 0.6) is 5.75 Å². The molecule has 4 heteroatoms. The van der Waals surface area contributed by atoms with Gasteiger partial charge < -0.3 is 4.74 Å². The lowest BCUT2D eigenvalue weighted by Gasteiger charge is -2.09. The fourth-order valence-electron chi connectivity index (χ4n) is 1.13.